The zero-order chi connectivity index (χ0) is 18.7. The zero-order valence-electron chi connectivity index (χ0n) is 14.0. The van der Waals surface area contributed by atoms with Crippen LogP contribution in [-0.2, 0) is 20.4 Å². The summed E-state index contributed by atoms with van der Waals surface area (Å²) in [4.78, 5) is -0.0229. The fraction of sp³-hybridized carbons (Fsp3) is 0.294. The van der Waals surface area contributed by atoms with E-state index in [2.05, 4.69) is 4.72 Å². The maximum atomic E-state index is 14.1. The third-order valence-electron chi connectivity index (χ3n) is 3.93. The molecule has 0 aliphatic carbocycles. The number of hydrogen-bond acceptors (Lipinski definition) is 4. The van der Waals surface area contributed by atoms with Crippen molar-refractivity contribution in [2.75, 3.05) is 20.8 Å². The molecule has 1 N–H and O–H groups in total. The Balaban J connectivity index is 2.26. The minimum Gasteiger partial charge on any atom is -0.495 e. The standard InChI is InChI=1S/C17H19ClFNO4S/c1-17(24-3,13-6-4-5-7-15(13)19)11-20-25(21,22)12-8-9-16(23-2)14(18)10-12/h4-10,20H,11H2,1-3H3/t17-/m1/s1. The quantitative estimate of drug-likeness (QED) is 0.791. The van der Waals surface area contributed by atoms with E-state index in [1.807, 2.05) is 0 Å². The van der Waals surface area contributed by atoms with E-state index in [-0.39, 0.29) is 22.0 Å². The van der Waals surface area contributed by atoms with Crippen molar-refractivity contribution in [3.05, 3.63) is 58.9 Å². The molecular weight excluding hydrogens is 369 g/mol. The Hall–Kier alpha value is -1.67. The minimum absolute atomic E-state index is 0.0229. The number of methoxy groups -OCH3 is 2. The maximum absolute atomic E-state index is 14.1. The predicted molar refractivity (Wildman–Crippen MR) is 94.0 cm³/mol. The molecule has 0 aliphatic rings. The van der Waals surface area contributed by atoms with E-state index in [1.165, 1.54) is 38.5 Å². The first-order valence-electron chi connectivity index (χ1n) is 7.37. The molecule has 136 valence electrons. The monoisotopic (exact) mass is 387 g/mol. The van der Waals surface area contributed by atoms with Crippen molar-refractivity contribution in [1.82, 2.24) is 4.72 Å². The summed E-state index contributed by atoms with van der Waals surface area (Å²) in [5, 5.41) is 0.175. The minimum atomic E-state index is -3.86. The van der Waals surface area contributed by atoms with Gasteiger partial charge < -0.3 is 9.47 Å². The van der Waals surface area contributed by atoms with Crippen molar-refractivity contribution in [3.8, 4) is 5.75 Å². The van der Waals surface area contributed by atoms with Gasteiger partial charge in [-0.15, -0.1) is 0 Å². The molecule has 0 aromatic heterocycles. The molecule has 0 saturated heterocycles. The van der Waals surface area contributed by atoms with E-state index in [4.69, 9.17) is 21.1 Å². The highest BCUT2D eigenvalue weighted by Crippen LogP contribution is 2.29. The van der Waals surface area contributed by atoms with Gasteiger partial charge in [-0.2, -0.15) is 0 Å². The van der Waals surface area contributed by atoms with Crippen molar-refractivity contribution in [1.29, 1.82) is 0 Å². The number of ether oxygens (including phenoxy) is 2. The Morgan fingerprint density at radius 3 is 2.44 bits per heavy atom. The van der Waals surface area contributed by atoms with E-state index >= 15 is 0 Å². The molecule has 8 heteroatoms. The van der Waals surface area contributed by atoms with Gasteiger partial charge >= 0.3 is 0 Å². The van der Waals surface area contributed by atoms with Crippen LogP contribution in [0.3, 0.4) is 0 Å². The highest BCUT2D eigenvalue weighted by molar-refractivity contribution is 7.89. The average molecular weight is 388 g/mol. The van der Waals surface area contributed by atoms with Crippen LogP contribution >= 0.6 is 11.6 Å². The summed E-state index contributed by atoms with van der Waals surface area (Å²) in [7, 11) is -1.03. The lowest BCUT2D eigenvalue weighted by Crippen LogP contribution is -2.40. The summed E-state index contributed by atoms with van der Waals surface area (Å²) in [6, 6.07) is 10.2. The van der Waals surface area contributed by atoms with Gasteiger partial charge in [-0.25, -0.2) is 17.5 Å². The second-order valence-corrected chi connectivity index (χ2v) is 7.71. The fourth-order valence-electron chi connectivity index (χ4n) is 2.30. The number of benzene rings is 2. The zero-order valence-corrected chi connectivity index (χ0v) is 15.6. The Kier molecular flexibility index (Phi) is 6.05. The van der Waals surface area contributed by atoms with Crippen LogP contribution in [-0.4, -0.2) is 29.2 Å². The first-order chi connectivity index (χ1) is 11.7. The average Bonchev–Trinajstić information content (AvgIpc) is 2.60. The van der Waals surface area contributed by atoms with Crippen molar-refractivity contribution in [2.45, 2.75) is 17.4 Å². The van der Waals surface area contributed by atoms with Crippen molar-refractivity contribution in [2.24, 2.45) is 0 Å². The van der Waals surface area contributed by atoms with Gasteiger partial charge in [0.05, 0.1) is 17.0 Å². The van der Waals surface area contributed by atoms with Gasteiger partial charge in [0.1, 0.15) is 17.2 Å². The molecule has 0 heterocycles. The van der Waals surface area contributed by atoms with E-state index in [1.54, 1.807) is 25.1 Å². The lowest BCUT2D eigenvalue weighted by atomic mass is 9.95. The molecule has 2 rings (SSSR count). The second kappa shape index (κ2) is 7.70. The van der Waals surface area contributed by atoms with Gasteiger partial charge in [0.15, 0.2) is 0 Å². The van der Waals surface area contributed by atoms with Crippen molar-refractivity contribution >= 4 is 21.6 Å². The van der Waals surface area contributed by atoms with Crippen LogP contribution in [0.25, 0.3) is 0 Å². The maximum Gasteiger partial charge on any atom is 0.240 e. The lowest BCUT2D eigenvalue weighted by molar-refractivity contribution is 0.00410. The molecule has 0 saturated carbocycles. The molecule has 0 unspecified atom stereocenters. The molecule has 0 fully saturated rings. The van der Waals surface area contributed by atoms with Gasteiger partial charge in [0.2, 0.25) is 10.0 Å². The SMILES string of the molecule is COc1ccc(S(=O)(=O)NC[C@@](C)(OC)c2ccccc2F)cc1Cl. The van der Waals surface area contributed by atoms with Crippen molar-refractivity contribution < 1.29 is 22.3 Å². The summed E-state index contributed by atoms with van der Waals surface area (Å²) in [6.07, 6.45) is 0. The topological polar surface area (TPSA) is 64.6 Å². The van der Waals surface area contributed by atoms with E-state index in [0.29, 0.717) is 5.75 Å². The fourth-order valence-corrected chi connectivity index (χ4v) is 3.77. The normalized spacial score (nSPS) is 14.1. The van der Waals surface area contributed by atoms with Gasteiger partial charge in [-0.3, -0.25) is 0 Å². The predicted octanol–water partition coefficient (Wildman–Crippen LogP) is 3.33. The molecule has 25 heavy (non-hydrogen) atoms. The Bertz CT molecular complexity index is 859. The molecule has 5 nitrogen and oxygen atoms in total. The first kappa shape index (κ1) is 19.7. The number of nitrogens with one attached hydrogen (secondary N) is 1. The first-order valence-corrected chi connectivity index (χ1v) is 9.23. The molecular formula is C17H19ClFNO4S. The third-order valence-corrected chi connectivity index (χ3v) is 5.62. The van der Waals surface area contributed by atoms with Crippen LogP contribution in [0.1, 0.15) is 12.5 Å². The van der Waals surface area contributed by atoms with Crippen LogP contribution in [0.15, 0.2) is 47.4 Å². The molecule has 0 radical (unpaired) electrons. The number of hydrogen-bond donors (Lipinski definition) is 1. The second-order valence-electron chi connectivity index (χ2n) is 5.54. The van der Waals surface area contributed by atoms with Crippen molar-refractivity contribution in [3.63, 3.8) is 0 Å². The summed E-state index contributed by atoms with van der Waals surface area (Å²) >= 11 is 5.98. The van der Waals surface area contributed by atoms with Crippen LogP contribution < -0.4 is 9.46 Å². The Labute approximate surface area is 151 Å². The van der Waals surface area contributed by atoms with E-state index in [0.717, 1.165) is 0 Å². The molecule has 0 amide bonds. The highest BCUT2D eigenvalue weighted by Gasteiger charge is 2.31. The smallest absolute Gasteiger partial charge is 0.240 e. The number of sulfonamides is 1. The molecule has 1 atom stereocenters. The molecule has 0 aliphatic heterocycles. The van der Waals surface area contributed by atoms with Gasteiger partial charge in [0.25, 0.3) is 0 Å². The largest absolute Gasteiger partial charge is 0.495 e. The Morgan fingerprint density at radius 1 is 1.20 bits per heavy atom. The van der Waals surface area contributed by atoms with Gasteiger partial charge in [-0.05, 0) is 31.2 Å². The number of rotatable bonds is 7. The molecule has 0 bridgehead atoms. The lowest BCUT2D eigenvalue weighted by Gasteiger charge is -2.29. The summed E-state index contributed by atoms with van der Waals surface area (Å²) in [5.41, 5.74) is -0.915. The van der Waals surface area contributed by atoms with Crippen LogP contribution in [0.2, 0.25) is 5.02 Å². The van der Waals surface area contributed by atoms with Crippen LogP contribution in [0.5, 0.6) is 5.75 Å². The van der Waals surface area contributed by atoms with E-state index < -0.39 is 21.4 Å². The van der Waals surface area contributed by atoms with Gasteiger partial charge in [-0.1, -0.05) is 29.8 Å². The summed E-state index contributed by atoms with van der Waals surface area (Å²) < 4.78 is 51.9. The Morgan fingerprint density at radius 2 is 1.88 bits per heavy atom. The molecule has 2 aromatic rings. The number of halogens is 2. The summed E-state index contributed by atoms with van der Waals surface area (Å²) in [6.45, 7) is 1.45. The highest BCUT2D eigenvalue weighted by atomic mass is 35.5. The molecule has 0 spiro atoms. The van der Waals surface area contributed by atoms with Gasteiger partial charge in [0, 0.05) is 19.2 Å². The van der Waals surface area contributed by atoms with E-state index in [9.17, 15) is 12.8 Å². The molecule has 2 aromatic carbocycles. The third kappa shape index (κ3) is 4.30. The van der Waals surface area contributed by atoms with Crippen LogP contribution in [0.4, 0.5) is 4.39 Å². The van der Waals surface area contributed by atoms with Crippen LogP contribution in [0, 0.1) is 5.82 Å². The summed E-state index contributed by atoms with van der Waals surface area (Å²) in [5.74, 6) is -0.104.